The Morgan fingerprint density at radius 2 is 2.05 bits per heavy atom. The van der Waals surface area contributed by atoms with Crippen LogP contribution in [0.3, 0.4) is 0 Å². The van der Waals surface area contributed by atoms with Crippen molar-refractivity contribution in [1.82, 2.24) is 10.3 Å². The van der Waals surface area contributed by atoms with E-state index in [2.05, 4.69) is 15.7 Å². The van der Waals surface area contributed by atoms with E-state index in [1.807, 2.05) is 24.3 Å². The van der Waals surface area contributed by atoms with Gasteiger partial charge in [0.15, 0.2) is 0 Å². The second-order valence-electron chi connectivity index (χ2n) is 4.86. The first-order valence-corrected chi connectivity index (χ1v) is 6.42. The lowest BCUT2D eigenvalue weighted by atomic mass is 10.1. The second-order valence-corrected chi connectivity index (χ2v) is 4.86. The van der Waals surface area contributed by atoms with Crippen molar-refractivity contribution in [2.75, 3.05) is 12.0 Å². The monoisotopic (exact) mass is 256 g/mol. The minimum absolute atomic E-state index is 0.0702. The van der Waals surface area contributed by atoms with E-state index >= 15 is 0 Å². The molecule has 3 rings (SSSR count). The van der Waals surface area contributed by atoms with Gasteiger partial charge >= 0.3 is 0 Å². The van der Waals surface area contributed by atoms with E-state index in [1.165, 1.54) is 12.8 Å². The minimum atomic E-state index is -0.0702. The normalized spacial score (nSPS) is 14.4. The zero-order valence-electron chi connectivity index (χ0n) is 10.5. The van der Waals surface area contributed by atoms with E-state index in [-0.39, 0.29) is 5.91 Å². The average molecular weight is 256 g/mol. The molecule has 19 heavy (non-hydrogen) atoms. The van der Waals surface area contributed by atoms with Crippen LogP contribution in [0.5, 0.6) is 0 Å². The van der Waals surface area contributed by atoms with Crippen LogP contribution in [0.25, 0.3) is 10.8 Å². The lowest BCUT2D eigenvalue weighted by Gasteiger charge is -2.10. The topological polar surface area (TPSA) is 80.0 Å². The molecule has 4 N–H and O–H groups in total. The SMILES string of the molecule is NNc1ncc(C(=O)NCC2CC2)c2ccccc12. The summed E-state index contributed by atoms with van der Waals surface area (Å²) < 4.78 is 0. The molecule has 0 saturated heterocycles. The molecule has 1 heterocycles. The fraction of sp³-hybridized carbons (Fsp3) is 0.286. The molecule has 0 radical (unpaired) electrons. The summed E-state index contributed by atoms with van der Waals surface area (Å²) in [4.78, 5) is 16.4. The number of amides is 1. The molecule has 0 aliphatic heterocycles. The molecular weight excluding hydrogens is 240 g/mol. The Hall–Kier alpha value is -2.14. The van der Waals surface area contributed by atoms with E-state index in [1.54, 1.807) is 6.20 Å². The number of carbonyl (C=O) groups is 1. The number of nitrogens with zero attached hydrogens (tertiary/aromatic N) is 1. The van der Waals surface area contributed by atoms with Crippen molar-refractivity contribution in [3.05, 3.63) is 36.0 Å². The fourth-order valence-corrected chi connectivity index (χ4v) is 2.14. The third kappa shape index (κ3) is 2.37. The van der Waals surface area contributed by atoms with Crippen LogP contribution in [-0.2, 0) is 0 Å². The number of carbonyl (C=O) groups excluding carboxylic acids is 1. The van der Waals surface area contributed by atoms with Crippen LogP contribution in [0.1, 0.15) is 23.2 Å². The molecule has 0 spiro atoms. The summed E-state index contributed by atoms with van der Waals surface area (Å²) in [6.07, 6.45) is 4.00. The smallest absolute Gasteiger partial charge is 0.253 e. The first-order valence-electron chi connectivity index (χ1n) is 6.42. The Bertz CT molecular complexity index is 622. The molecule has 5 nitrogen and oxygen atoms in total. The van der Waals surface area contributed by atoms with Gasteiger partial charge in [0.05, 0.1) is 5.56 Å². The molecule has 98 valence electrons. The number of benzene rings is 1. The molecule has 1 aromatic carbocycles. The van der Waals surface area contributed by atoms with Crippen molar-refractivity contribution < 1.29 is 4.79 Å². The van der Waals surface area contributed by atoms with Crippen molar-refractivity contribution in [1.29, 1.82) is 0 Å². The van der Waals surface area contributed by atoms with Gasteiger partial charge in [-0.05, 0) is 24.1 Å². The van der Waals surface area contributed by atoms with Gasteiger partial charge in [-0.3, -0.25) is 4.79 Å². The van der Waals surface area contributed by atoms with Crippen LogP contribution in [0.15, 0.2) is 30.5 Å². The van der Waals surface area contributed by atoms with Crippen molar-refractivity contribution in [2.24, 2.45) is 11.8 Å². The molecule has 0 atom stereocenters. The Balaban J connectivity index is 1.96. The molecule has 1 saturated carbocycles. The fourth-order valence-electron chi connectivity index (χ4n) is 2.14. The van der Waals surface area contributed by atoms with Gasteiger partial charge in [0.1, 0.15) is 5.82 Å². The maximum atomic E-state index is 12.2. The van der Waals surface area contributed by atoms with Crippen LogP contribution in [0, 0.1) is 5.92 Å². The van der Waals surface area contributed by atoms with E-state index in [9.17, 15) is 4.79 Å². The summed E-state index contributed by atoms with van der Waals surface area (Å²) in [6.45, 7) is 0.754. The Morgan fingerprint density at radius 3 is 2.74 bits per heavy atom. The van der Waals surface area contributed by atoms with E-state index in [0.717, 1.165) is 17.3 Å². The van der Waals surface area contributed by atoms with Crippen LogP contribution < -0.4 is 16.6 Å². The number of hydrogen-bond acceptors (Lipinski definition) is 4. The van der Waals surface area contributed by atoms with Gasteiger partial charge in [-0.25, -0.2) is 10.8 Å². The summed E-state index contributed by atoms with van der Waals surface area (Å²) in [5.41, 5.74) is 3.15. The van der Waals surface area contributed by atoms with Gasteiger partial charge in [0.25, 0.3) is 5.91 Å². The number of nitrogen functional groups attached to an aromatic ring is 1. The molecule has 0 unspecified atom stereocenters. The Labute approximate surface area is 111 Å². The highest BCUT2D eigenvalue weighted by molar-refractivity contribution is 6.09. The van der Waals surface area contributed by atoms with Crippen LogP contribution in [0.2, 0.25) is 0 Å². The molecule has 1 aliphatic rings. The highest BCUT2D eigenvalue weighted by Crippen LogP contribution is 2.28. The molecular formula is C14H16N4O. The quantitative estimate of drug-likeness (QED) is 0.574. The highest BCUT2D eigenvalue weighted by Gasteiger charge is 2.22. The number of nitrogens with one attached hydrogen (secondary N) is 2. The summed E-state index contributed by atoms with van der Waals surface area (Å²) in [5, 5.41) is 4.67. The Morgan fingerprint density at radius 1 is 1.32 bits per heavy atom. The van der Waals surface area contributed by atoms with Gasteiger partial charge in [-0.1, -0.05) is 24.3 Å². The van der Waals surface area contributed by atoms with E-state index in [0.29, 0.717) is 17.3 Å². The number of aromatic nitrogens is 1. The number of anilines is 1. The summed E-state index contributed by atoms with van der Waals surface area (Å²) in [5.74, 6) is 6.60. The van der Waals surface area contributed by atoms with Crippen molar-refractivity contribution in [2.45, 2.75) is 12.8 Å². The van der Waals surface area contributed by atoms with Crippen LogP contribution in [-0.4, -0.2) is 17.4 Å². The van der Waals surface area contributed by atoms with Gasteiger partial charge < -0.3 is 10.7 Å². The minimum Gasteiger partial charge on any atom is -0.352 e. The maximum Gasteiger partial charge on any atom is 0.253 e. The number of nitrogens with two attached hydrogens (primary N) is 1. The summed E-state index contributed by atoms with van der Waals surface area (Å²) in [7, 11) is 0. The van der Waals surface area contributed by atoms with E-state index < -0.39 is 0 Å². The number of hydrazine groups is 1. The molecule has 0 bridgehead atoms. The number of pyridine rings is 1. The average Bonchev–Trinajstić information content (AvgIpc) is 3.27. The third-order valence-electron chi connectivity index (χ3n) is 3.42. The summed E-state index contributed by atoms with van der Waals surface area (Å²) >= 11 is 0. The number of hydrogen-bond donors (Lipinski definition) is 3. The van der Waals surface area contributed by atoms with Crippen molar-refractivity contribution in [3.63, 3.8) is 0 Å². The van der Waals surface area contributed by atoms with Gasteiger partial charge in [0, 0.05) is 18.1 Å². The van der Waals surface area contributed by atoms with E-state index in [4.69, 9.17) is 5.84 Å². The molecule has 2 aromatic rings. The van der Waals surface area contributed by atoms with Crippen LogP contribution >= 0.6 is 0 Å². The largest absolute Gasteiger partial charge is 0.352 e. The third-order valence-corrected chi connectivity index (χ3v) is 3.42. The predicted molar refractivity (Wildman–Crippen MR) is 74.6 cm³/mol. The van der Waals surface area contributed by atoms with Gasteiger partial charge in [0.2, 0.25) is 0 Å². The van der Waals surface area contributed by atoms with Crippen molar-refractivity contribution in [3.8, 4) is 0 Å². The standard InChI is InChI=1S/C14H16N4O/c15-18-13-11-4-2-1-3-10(11)12(8-16-13)14(19)17-7-9-5-6-9/h1-4,8-9H,5-7,15H2,(H,16,18)(H,17,19). The zero-order valence-corrected chi connectivity index (χ0v) is 10.5. The van der Waals surface area contributed by atoms with Crippen LogP contribution in [0.4, 0.5) is 5.82 Å². The van der Waals surface area contributed by atoms with Crippen molar-refractivity contribution >= 4 is 22.5 Å². The lowest BCUT2D eigenvalue weighted by Crippen LogP contribution is -2.26. The number of rotatable bonds is 4. The number of fused-ring (bicyclic) bond motifs is 1. The predicted octanol–water partition coefficient (Wildman–Crippen LogP) is 1.66. The molecule has 1 amide bonds. The molecule has 1 fully saturated rings. The molecule has 1 aliphatic carbocycles. The second kappa shape index (κ2) is 4.85. The van der Waals surface area contributed by atoms with Gasteiger partial charge in [-0.2, -0.15) is 0 Å². The lowest BCUT2D eigenvalue weighted by molar-refractivity contribution is 0.0953. The summed E-state index contributed by atoms with van der Waals surface area (Å²) in [6, 6.07) is 7.61. The van der Waals surface area contributed by atoms with Gasteiger partial charge in [-0.15, -0.1) is 0 Å². The molecule has 5 heteroatoms. The maximum absolute atomic E-state index is 12.2. The first kappa shape index (κ1) is 11.9. The molecule has 1 aromatic heterocycles. The Kier molecular flexibility index (Phi) is 3.05. The zero-order chi connectivity index (χ0) is 13.2. The first-order chi connectivity index (χ1) is 9.29. The highest BCUT2D eigenvalue weighted by atomic mass is 16.1.